The Morgan fingerprint density at radius 3 is 2.64 bits per heavy atom. The van der Waals surface area contributed by atoms with Crippen LogP contribution in [0.5, 0.6) is 0 Å². The number of carbonyl (C=O) groups is 1. The van der Waals surface area contributed by atoms with E-state index in [4.69, 9.17) is 5.73 Å². The molecule has 0 bridgehead atoms. The zero-order chi connectivity index (χ0) is 17.2. The molecule has 25 heavy (non-hydrogen) atoms. The van der Waals surface area contributed by atoms with E-state index in [2.05, 4.69) is 15.3 Å². The van der Waals surface area contributed by atoms with Gasteiger partial charge in [-0.25, -0.2) is 9.97 Å². The fourth-order valence-corrected chi connectivity index (χ4v) is 3.34. The molecule has 0 atom stereocenters. The van der Waals surface area contributed by atoms with Gasteiger partial charge >= 0.3 is 0 Å². The van der Waals surface area contributed by atoms with Crippen LogP contribution in [-0.2, 0) is 0 Å². The fraction of sp³-hybridized carbons (Fsp3) is 0.316. The molecule has 6 heteroatoms. The molecule has 0 aliphatic heterocycles. The third-order valence-electron chi connectivity index (χ3n) is 4.79. The summed E-state index contributed by atoms with van der Waals surface area (Å²) in [5.41, 5.74) is 8.91. The Bertz CT molecular complexity index is 881. The summed E-state index contributed by atoms with van der Waals surface area (Å²) in [4.78, 5) is 21.4. The van der Waals surface area contributed by atoms with Crippen molar-refractivity contribution >= 4 is 17.1 Å². The first-order chi connectivity index (χ1) is 12.2. The average Bonchev–Trinajstić information content (AvgIpc) is 3.07. The zero-order valence-corrected chi connectivity index (χ0v) is 13.9. The molecular weight excluding hydrogens is 314 g/mol. The molecular formula is C19H21N5O. The molecule has 1 saturated carbocycles. The maximum Gasteiger partial charge on any atom is 0.253 e. The summed E-state index contributed by atoms with van der Waals surface area (Å²) in [6, 6.07) is 12.2. The molecule has 1 aromatic carbocycles. The Hall–Kier alpha value is -2.73. The Morgan fingerprint density at radius 1 is 1.12 bits per heavy atom. The number of hydrogen-bond acceptors (Lipinski definition) is 4. The van der Waals surface area contributed by atoms with Gasteiger partial charge < -0.3 is 11.1 Å². The van der Waals surface area contributed by atoms with Gasteiger partial charge in [0.25, 0.3) is 5.91 Å². The van der Waals surface area contributed by atoms with Crippen molar-refractivity contribution in [2.75, 3.05) is 0 Å². The van der Waals surface area contributed by atoms with Gasteiger partial charge in [0.1, 0.15) is 11.8 Å². The van der Waals surface area contributed by atoms with Crippen molar-refractivity contribution in [1.82, 2.24) is 19.9 Å². The number of nitrogens with zero attached hydrogens (tertiary/aromatic N) is 3. The van der Waals surface area contributed by atoms with Crippen molar-refractivity contribution in [1.29, 1.82) is 0 Å². The second-order valence-corrected chi connectivity index (χ2v) is 6.60. The number of aromatic nitrogens is 3. The summed E-state index contributed by atoms with van der Waals surface area (Å²) in [5, 5.41) is 3.09. The number of para-hydroxylation sites is 1. The van der Waals surface area contributed by atoms with Crippen LogP contribution in [0.2, 0.25) is 0 Å². The fourth-order valence-electron chi connectivity index (χ4n) is 3.34. The van der Waals surface area contributed by atoms with E-state index in [1.165, 1.54) is 0 Å². The van der Waals surface area contributed by atoms with Crippen LogP contribution in [0.1, 0.15) is 36.0 Å². The van der Waals surface area contributed by atoms with Crippen LogP contribution in [0.3, 0.4) is 0 Å². The number of benzene rings is 1. The second-order valence-electron chi connectivity index (χ2n) is 6.60. The van der Waals surface area contributed by atoms with Gasteiger partial charge in [-0.2, -0.15) is 0 Å². The molecule has 0 radical (unpaired) electrons. The monoisotopic (exact) mass is 335 g/mol. The summed E-state index contributed by atoms with van der Waals surface area (Å²) >= 11 is 0. The number of carbonyl (C=O) groups excluding carboxylic acids is 1. The van der Waals surface area contributed by atoms with Gasteiger partial charge in [-0.1, -0.05) is 18.2 Å². The molecule has 0 saturated heterocycles. The second kappa shape index (κ2) is 6.64. The number of pyridine rings is 1. The van der Waals surface area contributed by atoms with E-state index in [-0.39, 0.29) is 18.0 Å². The Balaban J connectivity index is 1.54. The molecule has 1 fully saturated rings. The van der Waals surface area contributed by atoms with Gasteiger partial charge in [0.05, 0.1) is 5.56 Å². The molecule has 0 spiro atoms. The molecule has 6 nitrogen and oxygen atoms in total. The molecule has 0 unspecified atom stereocenters. The lowest BCUT2D eigenvalue weighted by atomic mass is 9.91. The molecule has 1 aliphatic rings. The minimum Gasteiger partial charge on any atom is -0.349 e. The third kappa shape index (κ3) is 3.25. The first kappa shape index (κ1) is 15.8. The average molecular weight is 335 g/mol. The van der Waals surface area contributed by atoms with Crippen LogP contribution in [-0.4, -0.2) is 32.5 Å². The maximum atomic E-state index is 12.5. The first-order valence-corrected chi connectivity index (χ1v) is 8.65. The summed E-state index contributed by atoms with van der Waals surface area (Å²) in [6.45, 7) is 0. The lowest BCUT2D eigenvalue weighted by molar-refractivity contribution is 0.0925. The Labute approximate surface area is 146 Å². The van der Waals surface area contributed by atoms with Crippen LogP contribution in [0.4, 0.5) is 0 Å². The maximum absolute atomic E-state index is 12.5. The smallest absolute Gasteiger partial charge is 0.253 e. The SMILES string of the molecule is NC1CCC(NC(=O)c2cnc3c(c2)ncn3-c2ccccc2)CC1. The van der Waals surface area contributed by atoms with Crippen molar-refractivity contribution in [3.8, 4) is 5.69 Å². The van der Waals surface area contributed by atoms with Crippen molar-refractivity contribution in [2.24, 2.45) is 5.73 Å². The molecule has 3 aromatic rings. The van der Waals surface area contributed by atoms with E-state index in [1.807, 2.05) is 34.9 Å². The highest BCUT2D eigenvalue weighted by molar-refractivity contribution is 5.96. The molecule has 1 aliphatic carbocycles. The van der Waals surface area contributed by atoms with E-state index in [1.54, 1.807) is 18.6 Å². The van der Waals surface area contributed by atoms with E-state index < -0.39 is 0 Å². The number of nitrogens with one attached hydrogen (secondary N) is 1. The number of imidazole rings is 1. The predicted octanol–water partition coefficient (Wildman–Crippen LogP) is 2.42. The lowest BCUT2D eigenvalue weighted by Crippen LogP contribution is -2.40. The highest BCUT2D eigenvalue weighted by atomic mass is 16.1. The van der Waals surface area contributed by atoms with Crippen LogP contribution in [0.15, 0.2) is 48.9 Å². The molecule has 128 valence electrons. The third-order valence-corrected chi connectivity index (χ3v) is 4.79. The Kier molecular flexibility index (Phi) is 4.19. The summed E-state index contributed by atoms with van der Waals surface area (Å²) in [5.74, 6) is -0.0934. The highest BCUT2D eigenvalue weighted by Crippen LogP contribution is 2.19. The number of nitrogens with two attached hydrogens (primary N) is 1. The summed E-state index contributed by atoms with van der Waals surface area (Å²) in [6.07, 6.45) is 7.15. The predicted molar refractivity (Wildman–Crippen MR) is 96.6 cm³/mol. The number of rotatable bonds is 3. The minimum atomic E-state index is -0.0934. The molecule has 2 heterocycles. The van der Waals surface area contributed by atoms with Crippen molar-refractivity contribution in [3.63, 3.8) is 0 Å². The van der Waals surface area contributed by atoms with Crippen LogP contribution >= 0.6 is 0 Å². The molecule has 2 aromatic heterocycles. The van der Waals surface area contributed by atoms with Gasteiger partial charge in [-0.3, -0.25) is 9.36 Å². The standard InChI is InChI=1S/C19H21N5O/c20-14-6-8-15(9-7-14)23-19(25)13-10-17-18(21-11-13)24(12-22-17)16-4-2-1-3-5-16/h1-5,10-12,14-15H,6-9,20H2,(H,23,25). The normalized spacial score (nSPS) is 20.5. The zero-order valence-electron chi connectivity index (χ0n) is 13.9. The Morgan fingerprint density at radius 2 is 1.88 bits per heavy atom. The van der Waals surface area contributed by atoms with Crippen molar-refractivity contribution in [2.45, 2.75) is 37.8 Å². The van der Waals surface area contributed by atoms with Crippen LogP contribution in [0.25, 0.3) is 16.9 Å². The number of amides is 1. The number of fused-ring (bicyclic) bond motifs is 1. The first-order valence-electron chi connectivity index (χ1n) is 8.65. The summed E-state index contributed by atoms with van der Waals surface area (Å²) < 4.78 is 1.92. The van der Waals surface area contributed by atoms with Crippen molar-refractivity contribution < 1.29 is 4.79 Å². The minimum absolute atomic E-state index is 0.0934. The largest absolute Gasteiger partial charge is 0.349 e. The number of hydrogen-bond donors (Lipinski definition) is 2. The van der Waals surface area contributed by atoms with Gasteiger partial charge in [0.15, 0.2) is 5.65 Å². The van der Waals surface area contributed by atoms with E-state index in [0.29, 0.717) is 11.1 Å². The molecule has 4 rings (SSSR count). The van der Waals surface area contributed by atoms with Gasteiger partial charge in [-0.05, 0) is 43.9 Å². The van der Waals surface area contributed by atoms with Crippen molar-refractivity contribution in [3.05, 3.63) is 54.5 Å². The highest BCUT2D eigenvalue weighted by Gasteiger charge is 2.21. The topological polar surface area (TPSA) is 85.8 Å². The molecule has 3 N–H and O–H groups in total. The van der Waals surface area contributed by atoms with Crippen LogP contribution in [0, 0.1) is 0 Å². The van der Waals surface area contributed by atoms with Gasteiger partial charge in [0, 0.05) is 24.0 Å². The van der Waals surface area contributed by atoms with Gasteiger partial charge in [0.2, 0.25) is 0 Å². The quantitative estimate of drug-likeness (QED) is 0.770. The lowest BCUT2D eigenvalue weighted by Gasteiger charge is -2.26. The van der Waals surface area contributed by atoms with Gasteiger partial charge in [-0.15, -0.1) is 0 Å². The summed E-state index contributed by atoms with van der Waals surface area (Å²) in [7, 11) is 0. The van der Waals surface area contributed by atoms with E-state index in [0.717, 1.165) is 37.0 Å². The van der Waals surface area contributed by atoms with E-state index >= 15 is 0 Å². The van der Waals surface area contributed by atoms with Crippen LogP contribution < -0.4 is 11.1 Å². The molecule has 1 amide bonds. The van der Waals surface area contributed by atoms with E-state index in [9.17, 15) is 4.79 Å².